The molecule has 0 saturated heterocycles. The Hall–Kier alpha value is -1.01. The number of imidazole rings is 1. The zero-order valence-corrected chi connectivity index (χ0v) is 8.53. The molecular formula is C9H15F2N3O. The van der Waals surface area contributed by atoms with Gasteiger partial charge in [0.25, 0.3) is 0 Å². The summed E-state index contributed by atoms with van der Waals surface area (Å²) in [6, 6.07) is 0. The Morgan fingerprint density at radius 3 is 2.93 bits per heavy atom. The van der Waals surface area contributed by atoms with Crippen LogP contribution in [-0.2, 0) is 6.54 Å². The van der Waals surface area contributed by atoms with Crippen molar-refractivity contribution < 1.29 is 13.9 Å². The smallest absolute Gasteiger partial charge is 0.319 e. The second kappa shape index (κ2) is 5.77. The summed E-state index contributed by atoms with van der Waals surface area (Å²) >= 11 is 0. The number of hydrogen-bond donors (Lipinski definition) is 2. The van der Waals surface area contributed by atoms with Crippen LogP contribution in [-0.4, -0.2) is 27.3 Å². The van der Waals surface area contributed by atoms with Crippen LogP contribution in [0.5, 0.6) is 0 Å². The van der Waals surface area contributed by atoms with Crippen molar-refractivity contribution in [1.29, 1.82) is 0 Å². The van der Waals surface area contributed by atoms with Crippen molar-refractivity contribution in [3.63, 3.8) is 0 Å². The minimum atomic E-state index is -2.55. The van der Waals surface area contributed by atoms with E-state index in [-0.39, 0.29) is 12.6 Å². The molecule has 1 aromatic heterocycles. The van der Waals surface area contributed by atoms with Gasteiger partial charge in [-0.3, -0.25) is 4.57 Å². The molecule has 0 aliphatic rings. The van der Waals surface area contributed by atoms with E-state index in [9.17, 15) is 8.78 Å². The molecular weight excluding hydrogens is 204 g/mol. The van der Waals surface area contributed by atoms with Crippen molar-refractivity contribution in [2.75, 3.05) is 6.54 Å². The molecule has 1 rings (SSSR count). The summed E-state index contributed by atoms with van der Waals surface area (Å²) in [5.41, 5.74) is 0. The van der Waals surface area contributed by atoms with Gasteiger partial charge in [0.15, 0.2) is 0 Å². The van der Waals surface area contributed by atoms with Gasteiger partial charge in [-0.2, -0.15) is 8.78 Å². The molecule has 1 heterocycles. The second-order valence-corrected chi connectivity index (χ2v) is 3.34. The minimum absolute atomic E-state index is 0.282. The molecule has 15 heavy (non-hydrogen) atoms. The number of halogens is 2. The summed E-state index contributed by atoms with van der Waals surface area (Å²) in [5, 5.41) is 11.9. The maximum absolute atomic E-state index is 12.4. The molecule has 0 amide bonds. The first-order valence-corrected chi connectivity index (χ1v) is 4.80. The van der Waals surface area contributed by atoms with Crippen LogP contribution in [0.25, 0.3) is 0 Å². The molecule has 0 fully saturated rings. The predicted molar refractivity (Wildman–Crippen MR) is 51.5 cm³/mol. The first kappa shape index (κ1) is 12.1. The highest BCUT2D eigenvalue weighted by molar-refractivity contribution is 4.92. The average molecular weight is 219 g/mol. The van der Waals surface area contributed by atoms with Crippen LogP contribution in [0, 0.1) is 0 Å². The minimum Gasteiger partial charge on any atom is -0.393 e. The van der Waals surface area contributed by atoms with E-state index in [1.807, 2.05) is 0 Å². The molecule has 0 saturated carbocycles. The van der Waals surface area contributed by atoms with Crippen molar-refractivity contribution in [3.8, 4) is 0 Å². The van der Waals surface area contributed by atoms with Crippen molar-refractivity contribution in [1.82, 2.24) is 14.9 Å². The van der Waals surface area contributed by atoms with Gasteiger partial charge in [-0.25, -0.2) is 4.98 Å². The SMILES string of the molecule is CC(O)CCNCc1nccn1C(F)F. The zero-order chi connectivity index (χ0) is 11.3. The van der Waals surface area contributed by atoms with Crippen molar-refractivity contribution >= 4 is 0 Å². The molecule has 0 spiro atoms. The van der Waals surface area contributed by atoms with Gasteiger partial charge in [0.1, 0.15) is 5.82 Å². The molecule has 1 atom stereocenters. The van der Waals surface area contributed by atoms with Crippen LogP contribution in [0.2, 0.25) is 0 Å². The zero-order valence-electron chi connectivity index (χ0n) is 8.53. The third kappa shape index (κ3) is 3.93. The van der Waals surface area contributed by atoms with E-state index in [1.54, 1.807) is 6.92 Å². The fourth-order valence-corrected chi connectivity index (χ4v) is 1.17. The summed E-state index contributed by atoms with van der Waals surface area (Å²) in [5.74, 6) is 0.301. The third-order valence-electron chi connectivity index (χ3n) is 1.98. The lowest BCUT2D eigenvalue weighted by Crippen LogP contribution is -2.21. The van der Waals surface area contributed by atoms with Crippen LogP contribution in [0.4, 0.5) is 8.78 Å². The van der Waals surface area contributed by atoms with Crippen LogP contribution in [0.3, 0.4) is 0 Å². The Balaban J connectivity index is 2.34. The number of aromatic nitrogens is 2. The molecule has 2 N–H and O–H groups in total. The van der Waals surface area contributed by atoms with Gasteiger partial charge in [0.2, 0.25) is 0 Å². The molecule has 6 heteroatoms. The van der Waals surface area contributed by atoms with Gasteiger partial charge in [-0.15, -0.1) is 0 Å². The van der Waals surface area contributed by atoms with Crippen LogP contribution in [0.15, 0.2) is 12.4 Å². The Kier molecular flexibility index (Phi) is 4.64. The molecule has 0 aromatic carbocycles. The maximum Gasteiger partial charge on any atom is 0.319 e. The summed E-state index contributed by atoms with van der Waals surface area (Å²) in [7, 11) is 0. The molecule has 0 aliphatic heterocycles. The predicted octanol–water partition coefficient (Wildman–Crippen LogP) is 1.14. The van der Waals surface area contributed by atoms with E-state index >= 15 is 0 Å². The molecule has 0 bridgehead atoms. The average Bonchev–Trinajstić information content (AvgIpc) is 2.60. The van der Waals surface area contributed by atoms with E-state index in [4.69, 9.17) is 5.11 Å². The van der Waals surface area contributed by atoms with Gasteiger partial charge >= 0.3 is 6.55 Å². The number of rotatable bonds is 6. The quantitative estimate of drug-likeness (QED) is 0.705. The van der Waals surface area contributed by atoms with E-state index in [0.29, 0.717) is 18.8 Å². The standard InChI is InChI=1S/C9H15F2N3O/c1-7(15)2-3-12-6-8-13-4-5-14(8)9(10)11/h4-5,7,9,12,15H,2-3,6H2,1H3. The van der Waals surface area contributed by atoms with Crippen molar-refractivity contribution in [2.24, 2.45) is 0 Å². The largest absolute Gasteiger partial charge is 0.393 e. The van der Waals surface area contributed by atoms with Gasteiger partial charge in [0.05, 0.1) is 12.6 Å². The normalized spacial score (nSPS) is 13.4. The molecule has 4 nitrogen and oxygen atoms in total. The summed E-state index contributed by atoms with van der Waals surface area (Å²) in [4.78, 5) is 3.81. The molecule has 1 aromatic rings. The number of aliphatic hydroxyl groups is 1. The highest BCUT2D eigenvalue weighted by atomic mass is 19.3. The van der Waals surface area contributed by atoms with Crippen molar-refractivity contribution in [2.45, 2.75) is 32.5 Å². The van der Waals surface area contributed by atoms with Crippen LogP contribution in [0.1, 0.15) is 25.7 Å². The Morgan fingerprint density at radius 2 is 2.33 bits per heavy atom. The number of alkyl halides is 2. The monoisotopic (exact) mass is 219 g/mol. The number of nitrogens with zero attached hydrogens (tertiary/aromatic N) is 2. The van der Waals surface area contributed by atoms with Gasteiger partial charge < -0.3 is 10.4 Å². The molecule has 0 radical (unpaired) electrons. The molecule has 1 unspecified atom stereocenters. The van der Waals surface area contributed by atoms with Crippen LogP contribution < -0.4 is 5.32 Å². The van der Waals surface area contributed by atoms with Gasteiger partial charge in [-0.1, -0.05) is 0 Å². The molecule has 0 aliphatic carbocycles. The second-order valence-electron chi connectivity index (χ2n) is 3.34. The topological polar surface area (TPSA) is 50.1 Å². The summed E-state index contributed by atoms with van der Waals surface area (Å²) in [6.07, 6.45) is 2.80. The lowest BCUT2D eigenvalue weighted by Gasteiger charge is -2.08. The Morgan fingerprint density at radius 1 is 1.60 bits per heavy atom. The fraction of sp³-hybridized carbons (Fsp3) is 0.667. The lowest BCUT2D eigenvalue weighted by atomic mass is 10.3. The summed E-state index contributed by atoms with van der Waals surface area (Å²) < 4.78 is 25.5. The number of aliphatic hydroxyl groups excluding tert-OH is 1. The van der Waals surface area contributed by atoms with E-state index in [2.05, 4.69) is 10.3 Å². The Labute approximate surface area is 86.9 Å². The molecule has 86 valence electrons. The fourth-order valence-electron chi connectivity index (χ4n) is 1.17. The Bertz CT molecular complexity index is 289. The van der Waals surface area contributed by atoms with E-state index in [1.165, 1.54) is 12.4 Å². The number of nitrogens with one attached hydrogen (secondary N) is 1. The lowest BCUT2D eigenvalue weighted by molar-refractivity contribution is 0.0665. The van der Waals surface area contributed by atoms with Crippen LogP contribution >= 0.6 is 0 Å². The summed E-state index contributed by atoms with van der Waals surface area (Å²) in [6.45, 7) is -0.0133. The first-order chi connectivity index (χ1) is 7.11. The number of hydrogen-bond acceptors (Lipinski definition) is 3. The maximum atomic E-state index is 12.4. The van der Waals surface area contributed by atoms with Crippen molar-refractivity contribution in [3.05, 3.63) is 18.2 Å². The highest BCUT2D eigenvalue weighted by Crippen LogP contribution is 2.11. The first-order valence-electron chi connectivity index (χ1n) is 4.80. The highest BCUT2D eigenvalue weighted by Gasteiger charge is 2.10. The van der Waals surface area contributed by atoms with Gasteiger partial charge in [0, 0.05) is 12.4 Å². The van der Waals surface area contributed by atoms with Gasteiger partial charge in [-0.05, 0) is 19.9 Å². The van der Waals surface area contributed by atoms with E-state index in [0.717, 1.165) is 4.57 Å². The van der Waals surface area contributed by atoms with E-state index < -0.39 is 6.55 Å². The third-order valence-corrected chi connectivity index (χ3v) is 1.98.